The first kappa shape index (κ1) is 18.7. The Hall–Kier alpha value is -3.08. The van der Waals surface area contributed by atoms with Crippen LogP contribution in [0.2, 0.25) is 0 Å². The molecular weight excluding hydrogens is 343 g/mol. The van der Waals surface area contributed by atoms with Crippen molar-refractivity contribution in [2.75, 3.05) is 13.7 Å². The van der Waals surface area contributed by atoms with Crippen LogP contribution in [0, 0.1) is 12.7 Å². The van der Waals surface area contributed by atoms with Gasteiger partial charge in [0.2, 0.25) is 0 Å². The second-order valence-corrected chi connectivity index (χ2v) is 6.14. The number of benzene rings is 2. The van der Waals surface area contributed by atoms with Gasteiger partial charge in [-0.2, -0.15) is 0 Å². The summed E-state index contributed by atoms with van der Waals surface area (Å²) >= 11 is 0. The van der Waals surface area contributed by atoms with Gasteiger partial charge in [-0.3, -0.25) is 0 Å². The van der Waals surface area contributed by atoms with E-state index in [0.717, 1.165) is 34.0 Å². The fraction of sp³-hybridized carbons (Fsp3) is 0.227. The van der Waals surface area contributed by atoms with Gasteiger partial charge < -0.3 is 14.1 Å². The van der Waals surface area contributed by atoms with E-state index in [1.165, 1.54) is 6.07 Å². The standard InChI is InChI=1S/C22H23FN2O2/c1-5-27-24-15(2)19-14-22(17-10-12-18(26-4)13-11-17)25(16(19)3)21-9-7-6-8-20(21)23/h6-14H,5H2,1-4H3/b24-15-. The van der Waals surface area contributed by atoms with Crippen LogP contribution in [0.4, 0.5) is 4.39 Å². The molecule has 0 saturated heterocycles. The highest BCUT2D eigenvalue weighted by atomic mass is 19.1. The third kappa shape index (κ3) is 3.72. The quantitative estimate of drug-likeness (QED) is 0.435. The molecule has 3 rings (SSSR count). The molecule has 0 bridgehead atoms. The third-order valence-electron chi connectivity index (χ3n) is 4.45. The predicted molar refractivity (Wildman–Crippen MR) is 106 cm³/mol. The van der Waals surface area contributed by atoms with E-state index < -0.39 is 0 Å². The zero-order chi connectivity index (χ0) is 19.4. The Labute approximate surface area is 158 Å². The molecule has 5 heteroatoms. The summed E-state index contributed by atoms with van der Waals surface area (Å²) in [6, 6.07) is 16.5. The zero-order valence-corrected chi connectivity index (χ0v) is 16.0. The summed E-state index contributed by atoms with van der Waals surface area (Å²) in [7, 11) is 1.63. The predicted octanol–water partition coefficient (Wildman–Crippen LogP) is 5.36. The molecule has 4 nitrogen and oxygen atoms in total. The number of halogens is 1. The lowest BCUT2D eigenvalue weighted by atomic mass is 10.1. The highest BCUT2D eigenvalue weighted by Crippen LogP contribution is 2.32. The van der Waals surface area contributed by atoms with E-state index in [1.54, 1.807) is 19.2 Å². The van der Waals surface area contributed by atoms with Crippen LogP contribution in [0.15, 0.2) is 59.8 Å². The lowest BCUT2D eigenvalue weighted by Gasteiger charge is -2.13. The maximum Gasteiger partial charge on any atom is 0.147 e. The summed E-state index contributed by atoms with van der Waals surface area (Å²) in [4.78, 5) is 5.21. The first-order valence-electron chi connectivity index (χ1n) is 8.85. The average Bonchev–Trinajstić information content (AvgIpc) is 3.03. The second kappa shape index (κ2) is 8.08. The molecule has 0 fully saturated rings. The summed E-state index contributed by atoms with van der Waals surface area (Å²) in [6.07, 6.45) is 0. The Morgan fingerprint density at radius 3 is 2.44 bits per heavy atom. The van der Waals surface area contributed by atoms with Crippen LogP contribution in [0.25, 0.3) is 16.9 Å². The molecule has 0 unspecified atom stereocenters. The minimum atomic E-state index is -0.281. The van der Waals surface area contributed by atoms with Crippen LogP contribution in [0.3, 0.4) is 0 Å². The molecule has 1 aromatic heterocycles. The highest BCUT2D eigenvalue weighted by molar-refractivity contribution is 6.01. The van der Waals surface area contributed by atoms with Crippen molar-refractivity contribution in [3.05, 3.63) is 71.7 Å². The SMILES string of the molecule is CCO/N=C(/C)c1cc(-c2ccc(OC)cc2)n(-c2ccccc2F)c1C. The fourth-order valence-corrected chi connectivity index (χ4v) is 3.10. The van der Waals surface area contributed by atoms with Crippen molar-refractivity contribution in [1.82, 2.24) is 4.57 Å². The first-order valence-corrected chi connectivity index (χ1v) is 8.85. The lowest BCUT2D eigenvalue weighted by molar-refractivity contribution is 0.159. The molecular formula is C22H23FN2O2. The molecule has 0 saturated carbocycles. The van der Waals surface area contributed by atoms with Gasteiger partial charge in [0.25, 0.3) is 0 Å². The minimum absolute atomic E-state index is 0.281. The van der Waals surface area contributed by atoms with Gasteiger partial charge in [0.1, 0.15) is 18.2 Å². The molecule has 140 valence electrons. The third-order valence-corrected chi connectivity index (χ3v) is 4.45. The first-order chi connectivity index (χ1) is 13.1. The van der Waals surface area contributed by atoms with Crippen molar-refractivity contribution in [2.45, 2.75) is 20.8 Å². The summed E-state index contributed by atoms with van der Waals surface area (Å²) < 4.78 is 21.7. The molecule has 0 aliphatic carbocycles. The Bertz CT molecular complexity index is 959. The topological polar surface area (TPSA) is 35.8 Å². The number of para-hydroxylation sites is 1. The number of hydrogen-bond donors (Lipinski definition) is 0. The summed E-state index contributed by atoms with van der Waals surface area (Å²) in [5, 5.41) is 4.15. The van der Waals surface area contributed by atoms with Crippen LogP contribution in [0.5, 0.6) is 5.75 Å². The molecule has 0 aliphatic heterocycles. The molecule has 0 N–H and O–H groups in total. The summed E-state index contributed by atoms with van der Waals surface area (Å²) in [6.45, 7) is 6.23. The second-order valence-electron chi connectivity index (χ2n) is 6.14. The van der Waals surface area contributed by atoms with Crippen LogP contribution < -0.4 is 4.74 Å². The Morgan fingerprint density at radius 2 is 1.81 bits per heavy atom. The van der Waals surface area contributed by atoms with E-state index in [-0.39, 0.29) is 5.82 Å². The largest absolute Gasteiger partial charge is 0.497 e. The molecule has 3 aromatic rings. The smallest absolute Gasteiger partial charge is 0.147 e. The van der Waals surface area contributed by atoms with E-state index in [2.05, 4.69) is 5.16 Å². The van der Waals surface area contributed by atoms with Crippen molar-refractivity contribution in [3.8, 4) is 22.7 Å². The van der Waals surface area contributed by atoms with Crippen molar-refractivity contribution in [2.24, 2.45) is 5.16 Å². The van der Waals surface area contributed by atoms with Gasteiger partial charge in [0.05, 0.1) is 24.2 Å². The van der Waals surface area contributed by atoms with Crippen molar-refractivity contribution >= 4 is 5.71 Å². The van der Waals surface area contributed by atoms with E-state index in [4.69, 9.17) is 9.57 Å². The molecule has 27 heavy (non-hydrogen) atoms. The highest BCUT2D eigenvalue weighted by Gasteiger charge is 2.19. The molecule has 0 spiro atoms. The number of aromatic nitrogens is 1. The van der Waals surface area contributed by atoms with Gasteiger partial charge in [0.15, 0.2) is 0 Å². The van der Waals surface area contributed by atoms with Gasteiger partial charge in [-0.25, -0.2) is 4.39 Å². The molecule has 0 radical (unpaired) electrons. The van der Waals surface area contributed by atoms with E-state index in [9.17, 15) is 4.39 Å². The fourth-order valence-electron chi connectivity index (χ4n) is 3.10. The number of methoxy groups -OCH3 is 1. The maximum absolute atomic E-state index is 14.6. The lowest BCUT2D eigenvalue weighted by Crippen LogP contribution is -2.04. The van der Waals surface area contributed by atoms with Crippen LogP contribution in [-0.4, -0.2) is 24.0 Å². The Kier molecular flexibility index (Phi) is 5.60. The number of rotatable bonds is 6. The van der Waals surface area contributed by atoms with Crippen molar-refractivity contribution in [3.63, 3.8) is 0 Å². The number of nitrogens with zero attached hydrogens (tertiary/aromatic N) is 2. The van der Waals surface area contributed by atoms with E-state index >= 15 is 0 Å². The molecule has 0 aliphatic rings. The van der Waals surface area contributed by atoms with Gasteiger partial charge in [-0.1, -0.05) is 17.3 Å². The van der Waals surface area contributed by atoms with Gasteiger partial charge >= 0.3 is 0 Å². The molecule has 0 amide bonds. The van der Waals surface area contributed by atoms with E-state index in [1.807, 2.05) is 61.7 Å². The maximum atomic E-state index is 14.6. The van der Waals surface area contributed by atoms with Crippen LogP contribution in [-0.2, 0) is 4.84 Å². The van der Waals surface area contributed by atoms with Crippen molar-refractivity contribution < 1.29 is 14.0 Å². The van der Waals surface area contributed by atoms with Crippen molar-refractivity contribution in [1.29, 1.82) is 0 Å². The normalized spacial score (nSPS) is 11.5. The van der Waals surface area contributed by atoms with Gasteiger partial charge in [-0.05, 0) is 68.8 Å². The Morgan fingerprint density at radius 1 is 1.11 bits per heavy atom. The molecule has 1 heterocycles. The van der Waals surface area contributed by atoms with Gasteiger partial charge in [-0.15, -0.1) is 0 Å². The monoisotopic (exact) mass is 366 g/mol. The zero-order valence-electron chi connectivity index (χ0n) is 16.0. The molecule has 0 atom stereocenters. The number of oxime groups is 1. The summed E-state index contributed by atoms with van der Waals surface area (Å²) in [5.41, 5.74) is 4.89. The summed E-state index contributed by atoms with van der Waals surface area (Å²) in [5.74, 6) is 0.491. The Balaban J connectivity index is 2.22. The minimum Gasteiger partial charge on any atom is -0.497 e. The number of hydrogen-bond acceptors (Lipinski definition) is 3. The molecule has 2 aromatic carbocycles. The average molecular weight is 366 g/mol. The van der Waals surface area contributed by atoms with Crippen LogP contribution in [0.1, 0.15) is 25.1 Å². The van der Waals surface area contributed by atoms with E-state index in [0.29, 0.717) is 12.3 Å². The number of ether oxygens (including phenoxy) is 1. The van der Waals surface area contributed by atoms with Gasteiger partial charge in [0, 0.05) is 11.3 Å². The van der Waals surface area contributed by atoms with Crippen LogP contribution >= 0.6 is 0 Å².